The van der Waals surface area contributed by atoms with Gasteiger partial charge in [0.2, 0.25) is 0 Å². The molecule has 0 aromatic heterocycles. The van der Waals surface area contributed by atoms with Crippen molar-refractivity contribution >= 4 is 15.9 Å². The summed E-state index contributed by atoms with van der Waals surface area (Å²) >= 11 is 3.57. The van der Waals surface area contributed by atoms with Crippen LogP contribution in [0, 0.1) is 11.3 Å². The maximum atomic E-state index is 3.57. The first-order valence-electron chi connectivity index (χ1n) is 3.85. The number of halogens is 1. The van der Waals surface area contributed by atoms with Gasteiger partial charge in [0.1, 0.15) is 0 Å². The van der Waals surface area contributed by atoms with Gasteiger partial charge in [0.05, 0.1) is 0 Å². The monoisotopic (exact) mass is 190 g/mol. The van der Waals surface area contributed by atoms with Gasteiger partial charge in [-0.1, -0.05) is 36.2 Å². The second-order valence-corrected chi connectivity index (χ2v) is 3.72. The smallest absolute Gasteiger partial charge is 0.00906 e. The fourth-order valence-corrected chi connectivity index (χ4v) is 2.78. The summed E-state index contributed by atoms with van der Waals surface area (Å²) < 4.78 is 0. The molecule has 1 rings (SSSR count). The molecule has 0 aromatic carbocycles. The minimum absolute atomic E-state index is 0.717. The molecule has 0 spiro atoms. The maximum absolute atomic E-state index is 3.57. The summed E-state index contributed by atoms with van der Waals surface area (Å²) in [5, 5.41) is 1.22. The van der Waals surface area contributed by atoms with Crippen LogP contribution in [0.1, 0.15) is 33.1 Å². The lowest BCUT2D eigenvalue weighted by Gasteiger charge is -2.08. The Morgan fingerprint density at radius 1 is 1.56 bits per heavy atom. The molecule has 0 bridgehead atoms. The van der Waals surface area contributed by atoms with E-state index >= 15 is 0 Å². The highest BCUT2D eigenvalue weighted by molar-refractivity contribution is 9.09. The van der Waals surface area contributed by atoms with Gasteiger partial charge in [-0.05, 0) is 24.2 Å². The van der Waals surface area contributed by atoms with Crippen molar-refractivity contribution in [2.24, 2.45) is 11.3 Å². The zero-order chi connectivity index (χ0) is 6.91. The van der Waals surface area contributed by atoms with Crippen molar-refractivity contribution in [2.75, 3.05) is 5.33 Å². The van der Waals surface area contributed by atoms with Gasteiger partial charge in [-0.15, -0.1) is 0 Å². The molecule has 0 aromatic rings. The van der Waals surface area contributed by atoms with Crippen LogP contribution in [0.4, 0.5) is 0 Å². The Hall–Kier alpha value is 0.480. The summed E-state index contributed by atoms with van der Waals surface area (Å²) in [6.45, 7) is 4.60. The first-order chi connectivity index (χ1) is 4.29. The highest BCUT2D eigenvalue weighted by Gasteiger charge is 2.49. The normalized spacial score (nSPS) is 41.0. The van der Waals surface area contributed by atoms with Gasteiger partial charge in [-0.2, -0.15) is 0 Å². The van der Waals surface area contributed by atoms with Crippen molar-refractivity contribution in [2.45, 2.75) is 33.1 Å². The molecule has 0 nitrogen and oxygen atoms in total. The van der Waals surface area contributed by atoms with Crippen molar-refractivity contribution in [3.63, 3.8) is 0 Å². The Bertz CT molecular complexity index is 94.7. The number of hydrogen-bond acceptors (Lipinski definition) is 0. The molecule has 0 heterocycles. The topological polar surface area (TPSA) is 0 Å². The largest absolute Gasteiger partial charge is 0.0922 e. The maximum Gasteiger partial charge on any atom is 0.00906 e. The molecule has 2 unspecified atom stereocenters. The summed E-state index contributed by atoms with van der Waals surface area (Å²) in [6, 6.07) is 0. The van der Waals surface area contributed by atoms with Crippen LogP contribution < -0.4 is 0 Å². The third-order valence-corrected chi connectivity index (χ3v) is 3.94. The van der Waals surface area contributed by atoms with Crippen LogP contribution in [-0.2, 0) is 0 Å². The van der Waals surface area contributed by atoms with Crippen LogP contribution >= 0.6 is 15.9 Å². The molecule has 9 heavy (non-hydrogen) atoms. The van der Waals surface area contributed by atoms with E-state index in [9.17, 15) is 0 Å². The van der Waals surface area contributed by atoms with E-state index in [1.165, 1.54) is 24.6 Å². The third-order valence-electron chi connectivity index (χ3n) is 2.82. The van der Waals surface area contributed by atoms with Crippen molar-refractivity contribution < 1.29 is 0 Å². The number of hydrogen-bond donors (Lipinski definition) is 0. The van der Waals surface area contributed by atoms with Gasteiger partial charge in [-0.25, -0.2) is 0 Å². The molecular formula is C8H15Br. The molecule has 0 aliphatic heterocycles. The molecule has 1 aliphatic carbocycles. The second-order valence-electron chi connectivity index (χ2n) is 3.16. The fourth-order valence-electron chi connectivity index (χ4n) is 1.70. The zero-order valence-corrected chi connectivity index (χ0v) is 7.87. The van der Waals surface area contributed by atoms with Gasteiger partial charge in [-0.3, -0.25) is 0 Å². The van der Waals surface area contributed by atoms with Crippen LogP contribution in [0.15, 0.2) is 0 Å². The zero-order valence-electron chi connectivity index (χ0n) is 6.28. The molecule has 0 N–H and O–H groups in total. The Morgan fingerprint density at radius 3 is 2.33 bits per heavy atom. The molecule has 1 saturated carbocycles. The highest BCUT2D eigenvalue weighted by atomic mass is 79.9. The summed E-state index contributed by atoms with van der Waals surface area (Å²) in [7, 11) is 0. The predicted octanol–water partition coefficient (Wildman–Crippen LogP) is 3.21. The van der Waals surface area contributed by atoms with E-state index in [-0.39, 0.29) is 0 Å². The van der Waals surface area contributed by atoms with E-state index in [0.29, 0.717) is 0 Å². The van der Waals surface area contributed by atoms with Gasteiger partial charge in [0, 0.05) is 5.33 Å². The summed E-state index contributed by atoms with van der Waals surface area (Å²) in [5.74, 6) is 1.03. The Labute approximate surface area is 66.2 Å². The Morgan fingerprint density at radius 2 is 2.22 bits per heavy atom. The van der Waals surface area contributed by atoms with E-state index in [1.54, 1.807) is 0 Å². The first-order valence-corrected chi connectivity index (χ1v) is 4.97. The van der Waals surface area contributed by atoms with E-state index in [0.717, 1.165) is 11.3 Å². The first kappa shape index (κ1) is 7.59. The molecule has 0 amide bonds. The Balaban J connectivity index is 2.37. The fraction of sp³-hybridized carbons (Fsp3) is 1.00. The number of rotatable bonds is 3. The van der Waals surface area contributed by atoms with Gasteiger partial charge in [0.25, 0.3) is 0 Å². The third kappa shape index (κ3) is 1.17. The van der Waals surface area contributed by atoms with Crippen LogP contribution in [0.5, 0.6) is 0 Å². The molecule has 1 aliphatic rings. The summed E-state index contributed by atoms with van der Waals surface area (Å²) in [6.07, 6.45) is 4.20. The molecule has 0 saturated heterocycles. The van der Waals surface area contributed by atoms with E-state index in [2.05, 4.69) is 29.8 Å². The number of alkyl halides is 1. The van der Waals surface area contributed by atoms with Crippen LogP contribution in [0.25, 0.3) is 0 Å². The van der Waals surface area contributed by atoms with Crippen molar-refractivity contribution in [3.05, 3.63) is 0 Å². The van der Waals surface area contributed by atoms with Crippen molar-refractivity contribution in [1.82, 2.24) is 0 Å². The molecule has 1 heteroatoms. The lowest BCUT2D eigenvalue weighted by atomic mass is 10.0. The molecule has 0 radical (unpaired) electrons. The average Bonchev–Trinajstić information content (AvgIpc) is 2.63. The minimum atomic E-state index is 0.717. The van der Waals surface area contributed by atoms with Crippen LogP contribution in [-0.4, -0.2) is 5.33 Å². The quantitative estimate of drug-likeness (QED) is 0.601. The average molecular weight is 191 g/mol. The lowest BCUT2D eigenvalue weighted by molar-refractivity contribution is 0.490. The Kier molecular flexibility index (Phi) is 2.20. The van der Waals surface area contributed by atoms with Gasteiger partial charge >= 0.3 is 0 Å². The minimum Gasteiger partial charge on any atom is -0.0922 e. The van der Waals surface area contributed by atoms with E-state index in [1.807, 2.05) is 0 Å². The van der Waals surface area contributed by atoms with Crippen LogP contribution in [0.2, 0.25) is 0 Å². The van der Waals surface area contributed by atoms with E-state index in [4.69, 9.17) is 0 Å². The standard InChI is InChI=1S/C8H15Br/c1-3-7-5-8(7,4-2)6-9/h7H,3-6H2,1-2H3. The van der Waals surface area contributed by atoms with Crippen molar-refractivity contribution in [1.29, 1.82) is 0 Å². The molecule has 1 fully saturated rings. The van der Waals surface area contributed by atoms with Gasteiger partial charge in [0.15, 0.2) is 0 Å². The highest BCUT2D eigenvalue weighted by Crippen LogP contribution is 2.57. The SMILES string of the molecule is CCC1CC1(CC)CBr. The second kappa shape index (κ2) is 2.61. The van der Waals surface area contributed by atoms with Gasteiger partial charge < -0.3 is 0 Å². The van der Waals surface area contributed by atoms with E-state index < -0.39 is 0 Å². The van der Waals surface area contributed by atoms with Crippen molar-refractivity contribution in [3.8, 4) is 0 Å². The lowest BCUT2D eigenvalue weighted by Crippen LogP contribution is -2.02. The van der Waals surface area contributed by atoms with Crippen LogP contribution in [0.3, 0.4) is 0 Å². The molecule has 54 valence electrons. The molecule has 2 atom stereocenters. The summed E-state index contributed by atoms with van der Waals surface area (Å²) in [5.41, 5.74) is 0.717. The predicted molar refractivity (Wildman–Crippen MR) is 44.9 cm³/mol. The molecular weight excluding hydrogens is 176 g/mol. The summed E-state index contributed by atoms with van der Waals surface area (Å²) in [4.78, 5) is 0.